The van der Waals surface area contributed by atoms with E-state index in [2.05, 4.69) is 15.5 Å². The summed E-state index contributed by atoms with van der Waals surface area (Å²) in [5.74, 6) is -0.0550. The van der Waals surface area contributed by atoms with Gasteiger partial charge in [0.2, 0.25) is 11.8 Å². The molecule has 1 saturated heterocycles. The minimum atomic E-state index is -4.33. The highest BCUT2D eigenvalue weighted by molar-refractivity contribution is 5.96. The zero-order chi connectivity index (χ0) is 24.7. The molecule has 184 valence electrons. The van der Waals surface area contributed by atoms with E-state index in [9.17, 15) is 22.8 Å². The Bertz CT molecular complexity index is 988. The molecule has 0 aromatic heterocycles. The minimum Gasteiger partial charge on any atom is -0.495 e. The fourth-order valence-corrected chi connectivity index (χ4v) is 3.71. The third-order valence-corrected chi connectivity index (χ3v) is 5.59. The van der Waals surface area contributed by atoms with E-state index in [-0.39, 0.29) is 24.9 Å². The molecule has 0 spiro atoms. The number of piperazine rings is 1. The lowest BCUT2D eigenvalue weighted by Gasteiger charge is -2.34. The zero-order valence-electron chi connectivity index (χ0n) is 19.2. The maximum atomic E-state index is 12.7. The van der Waals surface area contributed by atoms with Crippen LogP contribution in [0.25, 0.3) is 0 Å². The number of halogens is 3. The van der Waals surface area contributed by atoms with Crippen LogP contribution in [-0.4, -0.2) is 68.0 Å². The maximum Gasteiger partial charge on any atom is 0.416 e. The van der Waals surface area contributed by atoms with Crippen molar-refractivity contribution in [3.05, 3.63) is 59.2 Å². The van der Waals surface area contributed by atoms with Gasteiger partial charge in [-0.25, -0.2) is 0 Å². The fourth-order valence-electron chi connectivity index (χ4n) is 3.71. The fraction of sp³-hybridized carbons (Fsp3) is 0.417. The Morgan fingerprint density at radius 2 is 1.62 bits per heavy atom. The van der Waals surface area contributed by atoms with Crippen LogP contribution in [0.4, 0.5) is 18.9 Å². The molecule has 0 radical (unpaired) electrons. The molecule has 2 aromatic rings. The summed E-state index contributed by atoms with van der Waals surface area (Å²) in [6.45, 7) is 5.19. The molecule has 0 atom stereocenters. The summed E-state index contributed by atoms with van der Waals surface area (Å²) in [5, 5.41) is 5.37. The predicted octanol–water partition coefficient (Wildman–Crippen LogP) is 2.89. The van der Waals surface area contributed by atoms with E-state index in [4.69, 9.17) is 4.74 Å². The number of ether oxygens (including phenoxy) is 1. The topological polar surface area (TPSA) is 73.9 Å². The number of methoxy groups -OCH3 is 1. The van der Waals surface area contributed by atoms with Gasteiger partial charge >= 0.3 is 6.18 Å². The van der Waals surface area contributed by atoms with Crippen molar-refractivity contribution < 1.29 is 27.5 Å². The summed E-state index contributed by atoms with van der Waals surface area (Å²) in [4.78, 5) is 28.6. The molecule has 1 aliphatic heterocycles. The van der Waals surface area contributed by atoms with Crippen LogP contribution in [0.2, 0.25) is 0 Å². The Labute approximate surface area is 196 Å². The molecule has 2 N–H and O–H groups in total. The lowest BCUT2D eigenvalue weighted by Crippen LogP contribution is -2.49. The number of carbonyl (C=O) groups is 2. The summed E-state index contributed by atoms with van der Waals surface area (Å²) in [6.07, 6.45) is -4.33. The molecule has 0 bridgehead atoms. The second kappa shape index (κ2) is 11.3. The van der Waals surface area contributed by atoms with Gasteiger partial charge < -0.3 is 15.4 Å². The third-order valence-electron chi connectivity index (χ3n) is 5.59. The molecule has 0 saturated carbocycles. The average Bonchev–Trinajstić information content (AvgIpc) is 2.79. The summed E-state index contributed by atoms with van der Waals surface area (Å²) in [5.41, 5.74) is 1.68. The number of rotatable bonds is 8. The van der Waals surface area contributed by atoms with E-state index in [0.717, 1.165) is 23.3 Å². The monoisotopic (exact) mass is 478 g/mol. The largest absolute Gasteiger partial charge is 0.495 e. The van der Waals surface area contributed by atoms with Crippen LogP contribution in [0.3, 0.4) is 0 Å². The maximum absolute atomic E-state index is 12.7. The van der Waals surface area contributed by atoms with Gasteiger partial charge in [-0.3, -0.25) is 19.4 Å². The highest BCUT2D eigenvalue weighted by Crippen LogP contribution is 2.29. The first-order chi connectivity index (χ1) is 16.1. The van der Waals surface area contributed by atoms with Gasteiger partial charge in [-0.15, -0.1) is 0 Å². The van der Waals surface area contributed by atoms with E-state index < -0.39 is 11.7 Å². The molecular weight excluding hydrogens is 449 g/mol. The van der Waals surface area contributed by atoms with Gasteiger partial charge in [-0.05, 0) is 42.3 Å². The first kappa shape index (κ1) is 25.5. The van der Waals surface area contributed by atoms with Crippen LogP contribution >= 0.6 is 0 Å². The van der Waals surface area contributed by atoms with Crippen molar-refractivity contribution in [2.45, 2.75) is 19.6 Å². The number of nitrogens with zero attached hydrogens (tertiary/aromatic N) is 2. The van der Waals surface area contributed by atoms with Crippen molar-refractivity contribution in [3.8, 4) is 5.75 Å². The van der Waals surface area contributed by atoms with Crippen LogP contribution in [0.5, 0.6) is 5.75 Å². The van der Waals surface area contributed by atoms with Crippen molar-refractivity contribution >= 4 is 17.5 Å². The standard InChI is InChI=1S/C24H29F3N4O3/c1-17-3-8-21(34-2)20(13-17)29-22(32)14-28-23(33)16-31-11-9-30(10-12-31)15-18-4-6-19(7-5-18)24(25,26)27/h3-8,13H,9-12,14-16H2,1-2H3,(H,28,33)(H,29,32). The number of aryl methyl sites for hydroxylation is 1. The van der Waals surface area contributed by atoms with E-state index in [1.807, 2.05) is 17.9 Å². The zero-order valence-corrected chi connectivity index (χ0v) is 19.2. The van der Waals surface area contributed by atoms with E-state index in [1.54, 1.807) is 12.1 Å². The number of benzene rings is 2. The van der Waals surface area contributed by atoms with Crippen molar-refractivity contribution in [2.24, 2.45) is 0 Å². The third kappa shape index (κ3) is 7.46. The molecule has 0 unspecified atom stereocenters. The lowest BCUT2D eigenvalue weighted by atomic mass is 10.1. The highest BCUT2D eigenvalue weighted by Gasteiger charge is 2.30. The van der Waals surface area contributed by atoms with Crippen molar-refractivity contribution in [1.29, 1.82) is 0 Å². The first-order valence-corrected chi connectivity index (χ1v) is 11.0. The van der Waals surface area contributed by atoms with Gasteiger partial charge in [0.1, 0.15) is 5.75 Å². The first-order valence-electron chi connectivity index (χ1n) is 11.0. The normalized spacial score (nSPS) is 15.1. The second-order valence-electron chi connectivity index (χ2n) is 8.28. The minimum absolute atomic E-state index is 0.149. The number of hydrogen-bond donors (Lipinski definition) is 2. The smallest absolute Gasteiger partial charge is 0.416 e. The molecule has 0 aliphatic carbocycles. The van der Waals surface area contributed by atoms with Gasteiger partial charge in [0, 0.05) is 32.7 Å². The molecule has 1 aliphatic rings. The molecule has 3 rings (SSSR count). The number of carbonyl (C=O) groups excluding carboxylic acids is 2. The SMILES string of the molecule is COc1ccc(C)cc1NC(=O)CNC(=O)CN1CCN(Cc2ccc(C(F)(F)F)cc2)CC1. The summed E-state index contributed by atoms with van der Waals surface area (Å²) < 4.78 is 43.3. The molecule has 1 heterocycles. The van der Waals surface area contributed by atoms with Crippen LogP contribution < -0.4 is 15.4 Å². The highest BCUT2D eigenvalue weighted by atomic mass is 19.4. The Kier molecular flexibility index (Phi) is 8.51. The van der Waals surface area contributed by atoms with Crippen molar-refractivity contribution in [3.63, 3.8) is 0 Å². The second-order valence-corrected chi connectivity index (χ2v) is 8.28. The van der Waals surface area contributed by atoms with E-state index >= 15 is 0 Å². The number of anilines is 1. The van der Waals surface area contributed by atoms with Crippen LogP contribution in [-0.2, 0) is 22.3 Å². The summed E-state index contributed by atoms with van der Waals surface area (Å²) in [7, 11) is 1.52. The van der Waals surface area contributed by atoms with Gasteiger partial charge in [0.25, 0.3) is 0 Å². The number of nitrogens with one attached hydrogen (secondary N) is 2. The van der Waals surface area contributed by atoms with Crippen LogP contribution in [0.15, 0.2) is 42.5 Å². The molecule has 34 heavy (non-hydrogen) atoms. The molecule has 2 aromatic carbocycles. The van der Waals surface area contributed by atoms with Gasteiger partial charge in [0.15, 0.2) is 0 Å². The summed E-state index contributed by atoms with van der Waals surface area (Å²) >= 11 is 0. The van der Waals surface area contributed by atoms with Crippen molar-refractivity contribution in [2.75, 3.05) is 51.7 Å². The molecule has 2 amide bonds. The Balaban J connectivity index is 1.37. The van der Waals surface area contributed by atoms with E-state index in [1.165, 1.54) is 19.2 Å². The summed E-state index contributed by atoms with van der Waals surface area (Å²) in [6, 6.07) is 10.6. The van der Waals surface area contributed by atoms with Crippen molar-refractivity contribution in [1.82, 2.24) is 15.1 Å². The molecule has 7 nitrogen and oxygen atoms in total. The van der Waals surface area contributed by atoms with Crippen LogP contribution in [0.1, 0.15) is 16.7 Å². The Morgan fingerprint density at radius 3 is 2.24 bits per heavy atom. The number of hydrogen-bond acceptors (Lipinski definition) is 5. The Morgan fingerprint density at radius 1 is 0.971 bits per heavy atom. The predicted molar refractivity (Wildman–Crippen MR) is 123 cm³/mol. The number of alkyl halides is 3. The Hall–Kier alpha value is -3.11. The van der Waals surface area contributed by atoms with Gasteiger partial charge in [-0.1, -0.05) is 18.2 Å². The molecular formula is C24H29F3N4O3. The molecule has 1 fully saturated rings. The molecule has 10 heteroatoms. The van der Waals surface area contributed by atoms with E-state index in [0.29, 0.717) is 44.2 Å². The van der Waals surface area contributed by atoms with Gasteiger partial charge in [0.05, 0.1) is 31.5 Å². The lowest BCUT2D eigenvalue weighted by molar-refractivity contribution is -0.137. The van der Waals surface area contributed by atoms with Gasteiger partial charge in [-0.2, -0.15) is 13.2 Å². The quantitative estimate of drug-likeness (QED) is 0.611. The van der Waals surface area contributed by atoms with Crippen LogP contribution in [0, 0.1) is 6.92 Å². The number of amides is 2. The average molecular weight is 479 g/mol.